The Balaban J connectivity index is 1.53. The Labute approximate surface area is 237 Å². The van der Waals surface area contributed by atoms with Crippen molar-refractivity contribution in [3.8, 4) is 11.6 Å². The first kappa shape index (κ1) is 29.0. The van der Waals surface area contributed by atoms with Crippen LogP contribution in [-0.4, -0.2) is 52.9 Å². The molecular formula is C26H23Cl2F3N6O3. The molecule has 0 atom stereocenters. The van der Waals surface area contributed by atoms with Crippen LogP contribution < -0.4 is 20.3 Å². The average molecular weight is 595 g/mol. The number of piperazine rings is 1. The van der Waals surface area contributed by atoms with Gasteiger partial charge in [-0.05, 0) is 30.3 Å². The summed E-state index contributed by atoms with van der Waals surface area (Å²) in [6.45, 7) is 6.03. The normalized spacial score (nSPS) is 13.6. The summed E-state index contributed by atoms with van der Waals surface area (Å²) >= 11 is 11.8. The lowest BCUT2D eigenvalue weighted by atomic mass is 10.1. The molecule has 0 saturated carbocycles. The van der Waals surface area contributed by atoms with E-state index >= 15 is 0 Å². The van der Waals surface area contributed by atoms with Crippen molar-refractivity contribution >= 4 is 58.0 Å². The molecule has 1 aliphatic rings. The van der Waals surface area contributed by atoms with E-state index in [0.717, 1.165) is 6.07 Å². The summed E-state index contributed by atoms with van der Waals surface area (Å²) in [7, 11) is 0. The third-order valence-electron chi connectivity index (χ3n) is 5.89. The van der Waals surface area contributed by atoms with Crippen molar-refractivity contribution in [2.24, 2.45) is 0 Å². The molecule has 2 N–H and O–H groups in total. The highest BCUT2D eigenvalue weighted by Gasteiger charge is 2.36. The third kappa shape index (κ3) is 7.13. The number of nitrogens with zero attached hydrogens (tertiary/aromatic N) is 4. The lowest BCUT2D eigenvalue weighted by Gasteiger charge is -2.36. The van der Waals surface area contributed by atoms with E-state index in [0.29, 0.717) is 18.8 Å². The van der Waals surface area contributed by atoms with Crippen LogP contribution in [0, 0.1) is 0 Å². The fourth-order valence-corrected chi connectivity index (χ4v) is 4.12. The second-order valence-electron chi connectivity index (χ2n) is 8.68. The second-order valence-corrected chi connectivity index (χ2v) is 9.55. The molecule has 210 valence electrons. The van der Waals surface area contributed by atoms with Crippen LogP contribution >= 0.6 is 23.2 Å². The van der Waals surface area contributed by atoms with E-state index in [1.807, 2.05) is 0 Å². The predicted molar refractivity (Wildman–Crippen MR) is 146 cm³/mol. The largest absolute Gasteiger partial charge is 0.437 e. The number of benzene rings is 2. The van der Waals surface area contributed by atoms with E-state index < -0.39 is 17.6 Å². The molecule has 9 nitrogen and oxygen atoms in total. The molecule has 40 heavy (non-hydrogen) atoms. The number of aromatic nitrogens is 2. The Morgan fingerprint density at radius 1 is 1.07 bits per heavy atom. The lowest BCUT2D eigenvalue weighted by molar-refractivity contribution is -0.137. The molecule has 1 saturated heterocycles. The molecule has 14 heteroatoms. The highest BCUT2D eigenvalue weighted by molar-refractivity contribution is 6.43. The smallest absolute Gasteiger partial charge is 0.418 e. The van der Waals surface area contributed by atoms with Crippen LogP contribution in [-0.2, 0) is 15.8 Å². The molecule has 1 fully saturated rings. The summed E-state index contributed by atoms with van der Waals surface area (Å²) in [5, 5.41) is 5.15. The minimum Gasteiger partial charge on any atom is -0.437 e. The number of carbonyl (C=O) groups excluding carboxylic acids is 2. The number of ether oxygens (including phenoxy) is 1. The van der Waals surface area contributed by atoms with Crippen molar-refractivity contribution in [3.63, 3.8) is 0 Å². The van der Waals surface area contributed by atoms with Gasteiger partial charge < -0.3 is 25.2 Å². The topological polar surface area (TPSA) is 99.7 Å². The molecular weight excluding hydrogens is 572 g/mol. The molecule has 0 spiro atoms. The summed E-state index contributed by atoms with van der Waals surface area (Å²) in [5.41, 5.74) is -0.349. The molecule has 0 bridgehead atoms. The van der Waals surface area contributed by atoms with Gasteiger partial charge in [0.05, 0.1) is 16.8 Å². The van der Waals surface area contributed by atoms with E-state index in [2.05, 4.69) is 27.2 Å². The van der Waals surface area contributed by atoms with E-state index in [1.54, 1.807) is 28.0 Å². The molecule has 2 heterocycles. The summed E-state index contributed by atoms with van der Waals surface area (Å²) < 4.78 is 47.8. The van der Waals surface area contributed by atoms with Gasteiger partial charge in [0.2, 0.25) is 17.7 Å². The van der Waals surface area contributed by atoms with Crippen LogP contribution in [0.25, 0.3) is 0 Å². The number of alkyl halides is 3. The fraction of sp³-hybridized carbons (Fsp3) is 0.231. The maximum Gasteiger partial charge on any atom is 0.418 e. The Morgan fingerprint density at radius 3 is 2.45 bits per heavy atom. The number of hydrogen-bond acceptors (Lipinski definition) is 7. The first-order chi connectivity index (χ1) is 18.9. The van der Waals surface area contributed by atoms with Crippen molar-refractivity contribution < 1.29 is 27.5 Å². The van der Waals surface area contributed by atoms with Gasteiger partial charge >= 0.3 is 6.18 Å². The van der Waals surface area contributed by atoms with E-state index in [4.69, 9.17) is 27.9 Å². The first-order valence-corrected chi connectivity index (χ1v) is 12.6. The van der Waals surface area contributed by atoms with Crippen molar-refractivity contribution in [1.29, 1.82) is 0 Å². The monoisotopic (exact) mass is 594 g/mol. The predicted octanol–water partition coefficient (Wildman–Crippen LogP) is 6.04. The van der Waals surface area contributed by atoms with Gasteiger partial charge in [-0.15, -0.1) is 0 Å². The number of halogens is 5. The minimum atomic E-state index is -4.63. The summed E-state index contributed by atoms with van der Waals surface area (Å²) in [4.78, 5) is 34.8. The Hall–Kier alpha value is -4.03. The van der Waals surface area contributed by atoms with Gasteiger partial charge in [0.1, 0.15) is 10.8 Å². The fourth-order valence-electron chi connectivity index (χ4n) is 3.94. The molecule has 0 radical (unpaired) electrons. The van der Waals surface area contributed by atoms with E-state index in [1.165, 1.54) is 31.3 Å². The third-order valence-corrected chi connectivity index (χ3v) is 6.32. The lowest BCUT2D eigenvalue weighted by Crippen LogP contribution is -2.48. The second kappa shape index (κ2) is 12.0. The average Bonchev–Trinajstić information content (AvgIpc) is 2.90. The number of anilines is 4. The van der Waals surface area contributed by atoms with Gasteiger partial charge in [-0.25, -0.2) is 4.98 Å². The molecule has 2 aromatic carbocycles. The summed E-state index contributed by atoms with van der Waals surface area (Å²) in [6.07, 6.45) is -3.39. The van der Waals surface area contributed by atoms with Crippen LogP contribution in [0.2, 0.25) is 5.02 Å². The zero-order valence-corrected chi connectivity index (χ0v) is 22.6. The quantitative estimate of drug-likeness (QED) is 0.321. The Bertz CT molecular complexity index is 1450. The van der Waals surface area contributed by atoms with Gasteiger partial charge in [-0.3, -0.25) is 9.59 Å². The molecule has 0 unspecified atom stereocenters. The van der Waals surface area contributed by atoms with E-state index in [9.17, 15) is 22.8 Å². The SMILES string of the molecule is C=C(Cl)C(=O)Nc1cccc(Oc2nc(Nc3ccc(N4CCN(C(C)=O)CC4)c(C(F)(F)F)c3)ncc2Cl)c1. The Kier molecular flexibility index (Phi) is 8.70. The van der Waals surface area contributed by atoms with Crippen molar-refractivity contribution in [2.45, 2.75) is 13.1 Å². The number of amides is 2. The number of rotatable bonds is 7. The van der Waals surface area contributed by atoms with Gasteiger partial charge in [0.25, 0.3) is 5.91 Å². The zero-order valence-electron chi connectivity index (χ0n) is 21.1. The van der Waals surface area contributed by atoms with Gasteiger partial charge in [0, 0.05) is 56.2 Å². The molecule has 1 aliphatic heterocycles. The maximum atomic E-state index is 14.0. The van der Waals surface area contributed by atoms with Crippen LogP contribution in [0.1, 0.15) is 12.5 Å². The molecule has 2 amide bonds. The zero-order chi connectivity index (χ0) is 29.0. The minimum absolute atomic E-state index is 0.0204. The summed E-state index contributed by atoms with van der Waals surface area (Å²) in [6, 6.07) is 10.1. The van der Waals surface area contributed by atoms with Crippen LogP contribution in [0.4, 0.5) is 36.2 Å². The van der Waals surface area contributed by atoms with Crippen LogP contribution in [0.5, 0.6) is 11.6 Å². The van der Waals surface area contributed by atoms with Crippen molar-refractivity contribution in [3.05, 3.63) is 70.9 Å². The highest BCUT2D eigenvalue weighted by Crippen LogP contribution is 2.39. The van der Waals surface area contributed by atoms with Gasteiger partial charge in [-0.1, -0.05) is 35.8 Å². The van der Waals surface area contributed by atoms with Gasteiger partial charge in [-0.2, -0.15) is 18.2 Å². The molecule has 0 aliphatic carbocycles. The van der Waals surface area contributed by atoms with Crippen molar-refractivity contribution in [2.75, 3.05) is 41.7 Å². The standard InChI is InChI=1S/C26H23Cl2F3N6O3/c1-15(27)23(39)33-17-4-3-5-19(12-17)40-24-21(28)14-32-25(35-24)34-18-6-7-22(20(13-18)26(29,30)31)37-10-8-36(9-11-37)16(2)38/h3-7,12-14H,1,8-11H2,2H3,(H,33,39)(H,32,34,35). The van der Waals surface area contributed by atoms with E-state index in [-0.39, 0.29) is 58.0 Å². The molecule has 3 aromatic rings. The van der Waals surface area contributed by atoms with Crippen LogP contribution in [0.3, 0.4) is 0 Å². The number of carbonyl (C=O) groups is 2. The van der Waals surface area contributed by atoms with Crippen molar-refractivity contribution in [1.82, 2.24) is 14.9 Å². The molecule has 1 aromatic heterocycles. The number of nitrogens with one attached hydrogen (secondary N) is 2. The Morgan fingerprint density at radius 2 is 1.80 bits per heavy atom. The maximum absolute atomic E-state index is 14.0. The first-order valence-electron chi connectivity index (χ1n) is 11.9. The highest BCUT2D eigenvalue weighted by atomic mass is 35.5. The number of hydrogen-bond donors (Lipinski definition) is 2. The summed E-state index contributed by atoms with van der Waals surface area (Å²) in [5.74, 6) is -0.566. The van der Waals surface area contributed by atoms with Crippen LogP contribution in [0.15, 0.2) is 60.3 Å². The van der Waals surface area contributed by atoms with Gasteiger partial charge in [0.15, 0.2) is 0 Å². The molecule has 4 rings (SSSR count).